The highest BCUT2D eigenvalue weighted by Crippen LogP contribution is 2.34. The molecule has 0 spiro atoms. The van der Waals surface area contributed by atoms with E-state index >= 15 is 0 Å². The van der Waals surface area contributed by atoms with Gasteiger partial charge in [-0.2, -0.15) is 8.78 Å². The van der Waals surface area contributed by atoms with Crippen molar-refractivity contribution in [3.05, 3.63) is 59.7 Å². The molecular weight excluding hydrogens is 416 g/mol. The number of ether oxygens (including phenoxy) is 3. The minimum Gasteiger partial charge on any atom is -0.490 e. The van der Waals surface area contributed by atoms with Gasteiger partial charge in [0, 0.05) is 38.2 Å². The molecule has 2 unspecified atom stereocenters. The molecule has 2 atom stereocenters. The molecule has 3 rings (SSSR count). The predicted octanol–water partition coefficient (Wildman–Crippen LogP) is 4.52. The summed E-state index contributed by atoms with van der Waals surface area (Å²) in [6.45, 7) is 0.900. The second-order valence-corrected chi connectivity index (χ2v) is 7.47. The average Bonchev–Trinajstić information content (AvgIpc) is 2.81. The topological polar surface area (TPSA) is 64.1 Å². The molecule has 6 nitrogen and oxygen atoms in total. The first kappa shape index (κ1) is 23.8. The van der Waals surface area contributed by atoms with Gasteiger partial charge in [-0.3, -0.25) is 4.99 Å². The first-order valence-corrected chi connectivity index (χ1v) is 10.9. The van der Waals surface area contributed by atoms with Crippen LogP contribution in [0.4, 0.5) is 8.78 Å². The maximum absolute atomic E-state index is 12.9. The van der Waals surface area contributed by atoms with Crippen LogP contribution in [0.25, 0.3) is 0 Å². The van der Waals surface area contributed by atoms with Crippen molar-refractivity contribution in [2.24, 2.45) is 10.9 Å². The van der Waals surface area contributed by atoms with Crippen LogP contribution in [0.3, 0.4) is 0 Å². The molecule has 2 N–H and O–H groups in total. The van der Waals surface area contributed by atoms with Gasteiger partial charge in [0.15, 0.2) is 17.5 Å². The third-order valence-electron chi connectivity index (χ3n) is 5.34. The molecule has 32 heavy (non-hydrogen) atoms. The third kappa shape index (κ3) is 6.56. The fourth-order valence-corrected chi connectivity index (χ4v) is 3.88. The molecule has 0 saturated carbocycles. The quantitative estimate of drug-likeness (QED) is 0.437. The number of para-hydroxylation sites is 1. The Morgan fingerprint density at radius 3 is 2.69 bits per heavy atom. The molecule has 1 saturated heterocycles. The van der Waals surface area contributed by atoms with E-state index in [2.05, 4.69) is 27.8 Å². The number of halogens is 2. The van der Waals surface area contributed by atoms with Gasteiger partial charge in [0.1, 0.15) is 0 Å². The average molecular weight is 448 g/mol. The van der Waals surface area contributed by atoms with Crippen LogP contribution in [0.15, 0.2) is 53.5 Å². The molecule has 0 amide bonds. The van der Waals surface area contributed by atoms with Crippen molar-refractivity contribution in [2.75, 3.05) is 26.8 Å². The van der Waals surface area contributed by atoms with Crippen LogP contribution in [-0.4, -0.2) is 39.4 Å². The number of nitrogens with one attached hydrogen (secondary N) is 2. The molecule has 1 fully saturated rings. The molecule has 174 valence electrons. The Morgan fingerprint density at radius 1 is 1.16 bits per heavy atom. The fraction of sp³-hybridized carbons (Fsp3) is 0.458. The molecule has 1 heterocycles. The van der Waals surface area contributed by atoms with Crippen molar-refractivity contribution in [3.63, 3.8) is 0 Å². The third-order valence-corrected chi connectivity index (χ3v) is 5.34. The van der Waals surface area contributed by atoms with Gasteiger partial charge in [-0.25, -0.2) is 0 Å². The van der Waals surface area contributed by atoms with Crippen molar-refractivity contribution >= 4 is 5.96 Å². The maximum atomic E-state index is 12.9. The number of guanidine groups is 1. The Bertz CT molecular complexity index is 865. The molecule has 1 aliphatic heterocycles. The van der Waals surface area contributed by atoms with Gasteiger partial charge in [0.25, 0.3) is 0 Å². The summed E-state index contributed by atoms with van der Waals surface area (Å²) in [6, 6.07) is 15.3. The van der Waals surface area contributed by atoms with Crippen LogP contribution >= 0.6 is 0 Å². The van der Waals surface area contributed by atoms with E-state index < -0.39 is 6.61 Å². The Morgan fingerprint density at radius 2 is 1.97 bits per heavy atom. The number of nitrogens with zero attached hydrogens (tertiary/aromatic N) is 1. The van der Waals surface area contributed by atoms with Crippen molar-refractivity contribution in [1.82, 2.24) is 10.6 Å². The summed E-state index contributed by atoms with van der Waals surface area (Å²) >= 11 is 0. The lowest BCUT2D eigenvalue weighted by Gasteiger charge is -2.32. The summed E-state index contributed by atoms with van der Waals surface area (Å²) in [7, 11) is 1.68. The standard InChI is InChI=1S/C24H31F2N3O3/c1-3-30-20-13-7-11-19(22(20)32-23(25)26)16-29-24(27-2)28-15-18-12-8-14-31-21(18)17-9-5-4-6-10-17/h4-7,9-11,13,18,21,23H,3,8,12,14-16H2,1-2H3,(H2,27,28,29). The Balaban J connectivity index is 1.62. The van der Waals surface area contributed by atoms with E-state index in [4.69, 9.17) is 14.2 Å². The molecule has 0 aliphatic carbocycles. The summed E-state index contributed by atoms with van der Waals surface area (Å²) in [5.41, 5.74) is 1.73. The zero-order valence-electron chi connectivity index (χ0n) is 18.5. The normalized spacial score (nSPS) is 19.0. The van der Waals surface area contributed by atoms with E-state index in [9.17, 15) is 8.78 Å². The van der Waals surface area contributed by atoms with Crippen LogP contribution in [0.5, 0.6) is 11.5 Å². The predicted molar refractivity (Wildman–Crippen MR) is 120 cm³/mol. The number of rotatable bonds is 9. The molecule has 0 radical (unpaired) electrons. The molecule has 1 aliphatic rings. The molecular formula is C24H31F2N3O3. The van der Waals surface area contributed by atoms with E-state index in [0.29, 0.717) is 36.3 Å². The lowest BCUT2D eigenvalue weighted by Crippen LogP contribution is -2.41. The zero-order chi connectivity index (χ0) is 22.8. The Hall–Kier alpha value is -2.87. The smallest absolute Gasteiger partial charge is 0.387 e. The lowest BCUT2D eigenvalue weighted by molar-refractivity contribution is -0.0520. The van der Waals surface area contributed by atoms with Crippen LogP contribution in [-0.2, 0) is 11.3 Å². The Labute approximate surface area is 188 Å². The highest BCUT2D eigenvalue weighted by atomic mass is 19.3. The lowest BCUT2D eigenvalue weighted by atomic mass is 9.89. The van der Waals surface area contributed by atoms with Crippen molar-refractivity contribution < 1.29 is 23.0 Å². The van der Waals surface area contributed by atoms with Gasteiger partial charge >= 0.3 is 6.61 Å². The second kappa shape index (κ2) is 12.2. The summed E-state index contributed by atoms with van der Waals surface area (Å²) < 4.78 is 42.1. The fourth-order valence-electron chi connectivity index (χ4n) is 3.88. The highest BCUT2D eigenvalue weighted by molar-refractivity contribution is 5.79. The van der Waals surface area contributed by atoms with Gasteiger partial charge in [-0.15, -0.1) is 0 Å². The van der Waals surface area contributed by atoms with Crippen molar-refractivity contribution in [1.29, 1.82) is 0 Å². The van der Waals surface area contributed by atoms with E-state index in [0.717, 1.165) is 19.4 Å². The zero-order valence-corrected chi connectivity index (χ0v) is 18.5. The van der Waals surface area contributed by atoms with Crippen LogP contribution < -0.4 is 20.1 Å². The molecule has 8 heteroatoms. The number of hydrogen-bond acceptors (Lipinski definition) is 4. The molecule has 2 aromatic rings. The van der Waals surface area contributed by atoms with Gasteiger partial charge in [-0.1, -0.05) is 42.5 Å². The van der Waals surface area contributed by atoms with Gasteiger partial charge < -0.3 is 24.8 Å². The first-order chi connectivity index (χ1) is 15.6. The number of alkyl halides is 2. The van der Waals surface area contributed by atoms with E-state index in [-0.39, 0.29) is 18.4 Å². The summed E-state index contributed by atoms with van der Waals surface area (Å²) in [6.07, 6.45) is 2.09. The summed E-state index contributed by atoms with van der Waals surface area (Å²) in [5.74, 6) is 1.20. The Kier molecular flexibility index (Phi) is 9.10. The van der Waals surface area contributed by atoms with E-state index in [1.807, 2.05) is 18.2 Å². The number of hydrogen-bond donors (Lipinski definition) is 2. The minimum atomic E-state index is -2.94. The number of aliphatic imine (C=N–C) groups is 1. The van der Waals surface area contributed by atoms with Crippen LogP contribution in [0, 0.1) is 5.92 Å². The molecule has 0 aromatic heterocycles. The van der Waals surface area contributed by atoms with Crippen molar-refractivity contribution in [3.8, 4) is 11.5 Å². The summed E-state index contributed by atoms with van der Waals surface area (Å²) in [4.78, 5) is 4.27. The van der Waals surface area contributed by atoms with Crippen LogP contribution in [0.1, 0.15) is 37.0 Å². The van der Waals surface area contributed by atoms with E-state index in [1.54, 1.807) is 32.2 Å². The minimum absolute atomic E-state index is 0.0319. The monoisotopic (exact) mass is 447 g/mol. The molecule has 0 bridgehead atoms. The number of benzene rings is 2. The largest absolute Gasteiger partial charge is 0.490 e. The first-order valence-electron chi connectivity index (χ1n) is 10.9. The van der Waals surface area contributed by atoms with Gasteiger partial charge in [0.05, 0.1) is 12.7 Å². The molecule has 2 aromatic carbocycles. The van der Waals surface area contributed by atoms with Gasteiger partial charge in [-0.05, 0) is 31.4 Å². The van der Waals surface area contributed by atoms with Crippen molar-refractivity contribution in [2.45, 2.75) is 39.0 Å². The van der Waals surface area contributed by atoms with Crippen LogP contribution in [0.2, 0.25) is 0 Å². The SMILES string of the molecule is CCOc1cccc(CNC(=NC)NCC2CCCOC2c2ccccc2)c1OC(F)F. The summed E-state index contributed by atoms with van der Waals surface area (Å²) in [5, 5.41) is 6.53. The maximum Gasteiger partial charge on any atom is 0.387 e. The van der Waals surface area contributed by atoms with E-state index in [1.165, 1.54) is 5.56 Å². The van der Waals surface area contributed by atoms with Gasteiger partial charge in [0.2, 0.25) is 0 Å². The highest BCUT2D eigenvalue weighted by Gasteiger charge is 2.27. The second-order valence-electron chi connectivity index (χ2n) is 7.47.